The van der Waals surface area contributed by atoms with Gasteiger partial charge in [-0.25, -0.2) is 0 Å². The minimum absolute atomic E-state index is 0.0333. The SMILES string of the molecule is CC(C)=NNc1cc2c(nn1)CCN(C(=O)CC(c1ccccc1)c1ccccc1)C2. The van der Waals surface area contributed by atoms with E-state index in [9.17, 15) is 4.79 Å². The van der Waals surface area contributed by atoms with Crippen molar-refractivity contribution in [2.24, 2.45) is 5.10 Å². The monoisotopic (exact) mass is 413 g/mol. The first-order chi connectivity index (χ1) is 15.1. The lowest BCUT2D eigenvalue weighted by Crippen LogP contribution is -2.37. The number of rotatable bonds is 6. The molecule has 0 spiro atoms. The normalized spacial score (nSPS) is 12.9. The molecule has 1 aliphatic heterocycles. The van der Waals surface area contributed by atoms with Gasteiger partial charge < -0.3 is 4.90 Å². The molecule has 0 saturated heterocycles. The molecule has 1 aliphatic rings. The van der Waals surface area contributed by atoms with Gasteiger partial charge in [0.05, 0.1) is 5.69 Å². The molecule has 0 bridgehead atoms. The molecule has 2 aromatic carbocycles. The van der Waals surface area contributed by atoms with E-state index >= 15 is 0 Å². The summed E-state index contributed by atoms with van der Waals surface area (Å²) >= 11 is 0. The van der Waals surface area contributed by atoms with Crippen molar-refractivity contribution in [3.05, 3.63) is 89.1 Å². The molecule has 4 rings (SSSR count). The Labute approximate surface area is 183 Å². The molecule has 0 saturated carbocycles. The van der Waals surface area contributed by atoms with Gasteiger partial charge in [-0.2, -0.15) is 10.2 Å². The first-order valence-corrected chi connectivity index (χ1v) is 10.6. The molecule has 3 aromatic rings. The van der Waals surface area contributed by atoms with Crippen molar-refractivity contribution in [1.29, 1.82) is 0 Å². The number of hydrogen-bond acceptors (Lipinski definition) is 5. The second-order valence-electron chi connectivity index (χ2n) is 8.02. The topological polar surface area (TPSA) is 70.5 Å². The average molecular weight is 414 g/mol. The second-order valence-corrected chi connectivity index (χ2v) is 8.02. The van der Waals surface area contributed by atoms with E-state index in [1.165, 1.54) is 0 Å². The highest BCUT2D eigenvalue weighted by Gasteiger charge is 2.26. The first kappa shape index (κ1) is 20.7. The fourth-order valence-electron chi connectivity index (χ4n) is 3.87. The first-order valence-electron chi connectivity index (χ1n) is 10.6. The van der Waals surface area contributed by atoms with Crippen LogP contribution in [0, 0.1) is 0 Å². The van der Waals surface area contributed by atoms with Crippen LogP contribution in [0.1, 0.15) is 48.6 Å². The third-order valence-electron chi connectivity index (χ3n) is 5.47. The van der Waals surface area contributed by atoms with Crippen molar-refractivity contribution >= 4 is 17.4 Å². The van der Waals surface area contributed by atoms with Crippen molar-refractivity contribution in [2.75, 3.05) is 12.0 Å². The number of benzene rings is 2. The van der Waals surface area contributed by atoms with E-state index in [1.54, 1.807) is 0 Å². The van der Waals surface area contributed by atoms with Crippen LogP contribution >= 0.6 is 0 Å². The maximum absolute atomic E-state index is 13.3. The van der Waals surface area contributed by atoms with Crippen LogP contribution in [0.15, 0.2) is 71.8 Å². The summed E-state index contributed by atoms with van der Waals surface area (Å²) in [5.41, 5.74) is 8.12. The van der Waals surface area contributed by atoms with E-state index in [0.29, 0.717) is 31.7 Å². The summed E-state index contributed by atoms with van der Waals surface area (Å²) in [6.07, 6.45) is 1.15. The Hall–Kier alpha value is -3.54. The van der Waals surface area contributed by atoms with Crippen LogP contribution in [0.2, 0.25) is 0 Å². The van der Waals surface area contributed by atoms with Crippen LogP contribution in [-0.4, -0.2) is 33.3 Å². The number of aromatic nitrogens is 2. The lowest BCUT2D eigenvalue weighted by Gasteiger charge is -2.30. The van der Waals surface area contributed by atoms with E-state index in [0.717, 1.165) is 28.1 Å². The smallest absolute Gasteiger partial charge is 0.223 e. The minimum atomic E-state index is 0.0333. The average Bonchev–Trinajstić information content (AvgIpc) is 2.81. The Kier molecular flexibility index (Phi) is 6.36. The highest BCUT2D eigenvalue weighted by molar-refractivity contribution is 5.80. The number of nitrogens with one attached hydrogen (secondary N) is 1. The molecular weight excluding hydrogens is 386 g/mol. The van der Waals surface area contributed by atoms with E-state index in [1.807, 2.05) is 61.2 Å². The lowest BCUT2D eigenvalue weighted by molar-refractivity contribution is -0.132. The van der Waals surface area contributed by atoms with Gasteiger partial charge in [-0.3, -0.25) is 10.2 Å². The highest BCUT2D eigenvalue weighted by Crippen LogP contribution is 2.29. The molecule has 6 nitrogen and oxygen atoms in total. The second kappa shape index (κ2) is 9.51. The maximum Gasteiger partial charge on any atom is 0.223 e. The number of anilines is 1. The number of carbonyl (C=O) groups excluding carboxylic acids is 1. The highest BCUT2D eigenvalue weighted by atomic mass is 16.2. The van der Waals surface area contributed by atoms with Crippen LogP contribution in [0.25, 0.3) is 0 Å². The van der Waals surface area contributed by atoms with E-state index in [4.69, 9.17) is 0 Å². The predicted molar refractivity (Wildman–Crippen MR) is 123 cm³/mol. The summed E-state index contributed by atoms with van der Waals surface area (Å²) in [7, 11) is 0. The Morgan fingerprint density at radius 2 is 1.68 bits per heavy atom. The molecule has 2 heterocycles. The van der Waals surface area contributed by atoms with E-state index in [2.05, 4.69) is 45.0 Å². The molecule has 31 heavy (non-hydrogen) atoms. The van der Waals surface area contributed by atoms with Crippen LogP contribution in [-0.2, 0) is 17.8 Å². The van der Waals surface area contributed by atoms with Crippen molar-refractivity contribution in [3.8, 4) is 0 Å². The van der Waals surface area contributed by atoms with Gasteiger partial charge >= 0.3 is 0 Å². The zero-order chi connectivity index (χ0) is 21.6. The summed E-state index contributed by atoms with van der Waals surface area (Å²) < 4.78 is 0. The number of carbonyl (C=O) groups is 1. The quantitative estimate of drug-likeness (QED) is 0.481. The van der Waals surface area contributed by atoms with Gasteiger partial charge in [-0.1, -0.05) is 60.7 Å². The molecule has 0 unspecified atom stereocenters. The number of hydrazone groups is 1. The Bertz CT molecular complexity index is 1020. The number of hydrogen-bond donors (Lipinski definition) is 1. The van der Waals surface area contributed by atoms with Gasteiger partial charge in [0.25, 0.3) is 0 Å². The van der Waals surface area contributed by atoms with Gasteiger partial charge in [0.15, 0.2) is 5.82 Å². The molecule has 0 aliphatic carbocycles. The molecule has 158 valence electrons. The molecule has 0 radical (unpaired) electrons. The lowest BCUT2D eigenvalue weighted by atomic mass is 9.88. The minimum Gasteiger partial charge on any atom is -0.338 e. The Morgan fingerprint density at radius 1 is 1.03 bits per heavy atom. The van der Waals surface area contributed by atoms with Crippen molar-refractivity contribution in [1.82, 2.24) is 15.1 Å². The largest absolute Gasteiger partial charge is 0.338 e. The zero-order valence-electron chi connectivity index (χ0n) is 18.0. The Balaban J connectivity index is 1.52. The van der Waals surface area contributed by atoms with Gasteiger partial charge in [0.1, 0.15) is 0 Å². The third-order valence-corrected chi connectivity index (χ3v) is 5.47. The molecule has 0 fully saturated rings. The summed E-state index contributed by atoms with van der Waals surface area (Å²) in [5, 5.41) is 12.7. The zero-order valence-corrected chi connectivity index (χ0v) is 18.0. The van der Waals surface area contributed by atoms with Crippen LogP contribution in [0.5, 0.6) is 0 Å². The maximum atomic E-state index is 13.3. The fraction of sp³-hybridized carbons (Fsp3) is 0.280. The number of amides is 1. The van der Waals surface area contributed by atoms with Gasteiger partial charge in [0.2, 0.25) is 5.91 Å². The van der Waals surface area contributed by atoms with Crippen LogP contribution in [0.3, 0.4) is 0 Å². The van der Waals surface area contributed by atoms with Crippen molar-refractivity contribution < 1.29 is 4.79 Å². The molecule has 0 atom stereocenters. The fourth-order valence-corrected chi connectivity index (χ4v) is 3.87. The summed E-state index contributed by atoms with van der Waals surface area (Å²) in [6.45, 7) is 5.03. The van der Waals surface area contributed by atoms with Crippen LogP contribution < -0.4 is 5.43 Å². The standard InChI is InChI=1S/C25H27N5O/c1-18(2)26-28-24-15-21-17-30(14-13-23(21)27-29-24)25(31)16-22(19-9-5-3-6-10-19)20-11-7-4-8-12-20/h3-12,15,22H,13-14,16-17H2,1-2H3,(H,28,29). The summed E-state index contributed by atoms with van der Waals surface area (Å²) in [6, 6.07) is 22.5. The number of fused-ring (bicyclic) bond motifs is 1. The predicted octanol–water partition coefficient (Wildman–Crippen LogP) is 4.39. The van der Waals surface area contributed by atoms with Crippen molar-refractivity contribution in [3.63, 3.8) is 0 Å². The summed E-state index contributed by atoms with van der Waals surface area (Å²) in [5.74, 6) is 0.781. The third kappa shape index (κ3) is 5.15. The van der Waals surface area contributed by atoms with Crippen LogP contribution in [0.4, 0.5) is 5.82 Å². The van der Waals surface area contributed by atoms with E-state index < -0.39 is 0 Å². The molecule has 6 heteroatoms. The molecule has 1 N–H and O–H groups in total. The van der Waals surface area contributed by atoms with Gasteiger partial charge in [0, 0.05) is 37.6 Å². The molecular formula is C25H27N5O. The van der Waals surface area contributed by atoms with Gasteiger partial charge in [-0.15, -0.1) is 5.10 Å². The molecule has 1 aromatic heterocycles. The van der Waals surface area contributed by atoms with Crippen molar-refractivity contribution in [2.45, 2.75) is 39.2 Å². The Morgan fingerprint density at radius 3 is 2.29 bits per heavy atom. The summed E-state index contributed by atoms with van der Waals surface area (Å²) in [4.78, 5) is 15.2. The van der Waals surface area contributed by atoms with E-state index in [-0.39, 0.29) is 11.8 Å². The van der Waals surface area contributed by atoms with Gasteiger partial charge in [-0.05, 0) is 36.6 Å². The molecule has 1 amide bonds. The number of nitrogens with zero attached hydrogens (tertiary/aromatic N) is 4.